The number of aliphatic hydroxyl groups is 1. The van der Waals surface area contributed by atoms with Gasteiger partial charge in [0.25, 0.3) is 5.91 Å². The average Bonchev–Trinajstić information content (AvgIpc) is 2.64. The summed E-state index contributed by atoms with van der Waals surface area (Å²) in [5.74, 6) is -0.275. The van der Waals surface area contributed by atoms with Gasteiger partial charge in [-0.3, -0.25) is 4.79 Å². The number of hydrogen-bond acceptors (Lipinski definition) is 2. The van der Waals surface area contributed by atoms with Gasteiger partial charge in [0.1, 0.15) is 0 Å². The average molecular weight is 260 g/mol. The highest BCUT2D eigenvalue weighted by atomic mass is 35.5. The van der Waals surface area contributed by atoms with Crippen molar-refractivity contribution in [2.24, 2.45) is 0 Å². The standard InChI is InChI=1S/C14H10ClNO2/c15-10-7-5-9(6-8-10)14(18)12-4-2-1-3-11(12)13(17)16-14/h1-8,18H,(H,16,17)/t14-/m0/s1. The molecule has 0 aliphatic carbocycles. The molecule has 0 fully saturated rings. The topological polar surface area (TPSA) is 49.3 Å². The number of fused-ring (bicyclic) bond motifs is 1. The summed E-state index contributed by atoms with van der Waals surface area (Å²) in [4.78, 5) is 11.8. The first-order valence-electron chi connectivity index (χ1n) is 5.52. The minimum Gasteiger partial charge on any atom is -0.363 e. The summed E-state index contributed by atoms with van der Waals surface area (Å²) in [6.07, 6.45) is 0. The Bertz CT molecular complexity index is 624. The smallest absolute Gasteiger partial charge is 0.254 e. The van der Waals surface area contributed by atoms with E-state index in [9.17, 15) is 9.90 Å². The maximum Gasteiger partial charge on any atom is 0.254 e. The van der Waals surface area contributed by atoms with E-state index in [1.807, 2.05) is 0 Å². The van der Waals surface area contributed by atoms with Crippen LogP contribution in [0.4, 0.5) is 0 Å². The van der Waals surface area contributed by atoms with Crippen molar-refractivity contribution in [1.29, 1.82) is 0 Å². The summed E-state index contributed by atoms with van der Waals surface area (Å²) < 4.78 is 0. The zero-order valence-corrected chi connectivity index (χ0v) is 10.1. The van der Waals surface area contributed by atoms with E-state index in [2.05, 4.69) is 5.32 Å². The fourth-order valence-corrected chi connectivity index (χ4v) is 2.34. The molecule has 1 aliphatic heterocycles. The Labute approximate surface area is 109 Å². The van der Waals surface area contributed by atoms with Gasteiger partial charge in [-0.1, -0.05) is 41.9 Å². The monoisotopic (exact) mass is 259 g/mol. The van der Waals surface area contributed by atoms with Crippen LogP contribution in [-0.2, 0) is 5.72 Å². The first kappa shape index (κ1) is 11.3. The molecule has 2 N–H and O–H groups in total. The van der Waals surface area contributed by atoms with Gasteiger partial charge in [0.15, 0.2) is 5.72 Å². The molecule has 1 heterocycles. The summed E-state index contributed by atoms with van der Waals surface area (Å²) in [7, 11) is 0. The Hall–Kier alpha value is -1.84. The maximum absolute atomic E-state index is 11.8. The fraction of sp³-hybridized carbons (Fsp3) is 0.0714. The number of carbonyl (C=O) groups excluding carboxylic acids is 1. The summed E-state index contributed by atoms with van der Waals surface area (Å²) in [6.45, 7) is 0. The van der Waals surface area contributed by atoms with Gasteiger partial charge in [-0.05, 0) is 18.2 Å². The van der Waals surface area contributed by atoms with Crippen molar-refractivity contribution in [1.82, 2.24) is 5.32 Å². The molecular formula is C14H10ClNO2. The number of hydrogen-bond donors (Lipinski definition) is 2. The predicted molar refractivity (Wildman–Crippen MR) is 68.4 cm³/mol. The summed E-state index contributed by atoms with van der Waals surface area (Å²) in [5, 5.41) is 13.9. The van der Waals surface area contributed by atoms with Crippen LogP contribution in [0.15, 0.2) is 48.5 Å². The molecular weight excluding hydrogens is 250 g/mol. The van der Waals surface area contributed by atoms with E-state index in [1.54, 1.807) is 48.5 Å². The van der Waals surface area contributed by atoms with E-state index in [0.29, 0.717) is 21.7 Å². The van der Waals surface area contributed by atoms with Crippen LogP contribution in [0.5, 0.6) is 0 Å². The second-order valence-electron chi connectivity index (χ2n) is 4.22. The normalized spacial score (nSPS) is 21.6. The highest BCUT2D eigenvalue weighted by Crippen LogP contribution is 2.34. The van der Waals surface area contributed by atoms with Gasteiger partial charge in [0.2, 0.25) is 0 Å². The van der Waals surface area contributed by atoms with Gasteiger partial charge in [0.05, 0.1) is 0 Å². The van der Waals surface area contributed by atoms with E-state index in [4.69, 9.17) is 11.6 Å². The van der Waals surface area contributed by atoms with Crippen molar-refractivity contribution in [3.8, 4) is 0 Å². The molecule has 2 aromatic rings. The van der Waals surface area contributed by atoms with Crippen LogP contribution in [0, 0.1) is 0 Å². The predicted octanol–water partition coefficient (Wildman–Crippen LogP) is 2.28. The Kier molecular flexibility index (Phi) is 2.40. The fourth-order valence-electron chi connectivity index (χ4n) is 2.21. The second kappa shape index (κ2) is 3.83. The van der Waals surface area contributed by atoms with Crippen LogP contribution in [0.2, 0.25) is 5.02 Å². The minimum atomic E-state index is -1.47. The maximum atomic E-state index is 11.8. The van der Waals surface area contributed by atoms with E-state index in [-0.39, 0.29) is 5.91 Å². The largest absolute Gasteiger partial charge is 0.363 e. The van der Waals surface area contributed by atoms with E-state index in [0.717, 1.165) is 0 Å². The molecule has 90 valence electrons. The molecule has 3 nitrogen and oxygen atoms in total. The molecule has 0 aromatic heterocycles. The Morgan fingerprint density at radius 2 is 1.72 bits per heavy atom. The van der Waals surface area contributed by atoms with Crippen molar-refractivity contribution in [3.63, 3.8) is 0 Å². The van der Waals surface area contributed by atoms with Crippen LogP contribution in [0.1, 0.15) is 21.5 Å². The Balaban J connectivity index is 2.17. The van der Waals surface area contributed by atoms with Crippen molar-refractivity contribution in [2.75, 3.05) is 0 Å². The van der Waals surface area contributed by atoms with E-state index < -0.39 is 5.72 Å². The summed E-state index contributed by atoms with van der Waals surface area (Å²) >= 11 is 5.82. The number of benzene rings is 2. The molecule has 3 rings (SSSR count). The zero-order chi connectivity index (χ0) is 12.8. The molecule has 1 aliphatic rings. The Morgan fingerprint density at radius 3 is 2.44 bits per heavy atom. The van der Waals surface area contributed by atoms with Gasteiger partial charge < -0.3 is 10.4 Å². The van der Waals surface area contributed by atoms with E-state index in [1.165, 1.54) is 0 Å². The highest BCUT2D eigenvalue weighted by molar-refractivity contribution is 6.30. The number of amides is 1. The molecule has 18 heavy (non-hydrogen) atoms. The molecule has 0 bridgehead atoms. The van der Waals surface area contributed by atoms with E-state index >= 15 is 0 Å². The summed E-state index contributed by atoms with van der Waals surface area (Å²) in [5.41, 5.74) is 0.176. The number of halogens is 1. The molecule has 1 atom stereocenters. The van der Waals surface area contributed by atoms with Crippen LogP contribution >= 0.6 is 11.6 Å². The highest BCUT2D eigenvalue weighted by Gasteiger charge is 2.42. The third kappa shape index (κ3) is 1.52. The molecule has 0 radical (unpaired) electrons. The van der Waals surface area contributed by atoms with Gasteiger partial charge in [0, 0.05) is 21.7 Å². The van der Waals surface area contributed by atoms with Crippen molar-refractivity contribution >= 4 is 17.5 Å². The van der Waals surface area contributed by atoms with Crippen molar-refractivity contribution in [3.05, 3.63) is 70.2 Å². The van der Waals surface area contributed by atoms with Crippen LogP contribution < -0.4 is 5.32 Å². The van der Waals surface area contributed by atoms with Gasteiger partial charge >= 0.3 is 0 Å². The Morgan fingerprint density at radius 1 is 1.06 bits per heavy atom. The number of carbonyl (C=O) groups is 1. The lowest BCUT2D eigenvalue weighted by Crippen LogP contribution is -2.40. The van der Waals surface area contributed by atoms with Crippen molar-refractivity contribution in [2.45, 2.75) is 5.72 Å². The zero-order valence-electron chi connectivity index (χ0n) is 9.35. The summed E-state index contributed by atoms with van der Waals surface area (Å²) in [6, 6.07) is 13.8. The second-order valence-corrected chi connectivity index (χ2v) is 4.65. The lowest BCUT2D eigenvalue weighted by molar-refractivity contribution is 0.0476. The number of nitrogens with one attached hydrogen (secondary N) is 1. The first-order chi connectivity index (χ1) is 8.61. The van der Waals surface area contributed by atoms with Crippen LogP contribution in [0.25, 0.3) is 0 Å². The molecule has 0 spiro atoms. The van der Waals surface area contributed by atoms with Crippen molar-refractivity contribution < 1.29 is 9.90 Å². The third-order valence-corrected chi connectivity index (χ3v) is 3.37. The van der Waals surface area contributed by atoms with Gasteiger partial charge in [-0.2, -0.15) is 0 Å². The van der Waals surface area contributed by atoms with Gasteiger partial charge in [-0.25, -0.2) is 0 Å². The molecule has 2 aromatic carbocycles. The van der Waals surface area contributed by atoms with Crippen LogP contribution in [0.3, 0.4) is 0 Å². The lowest BCUT2D eigenvalue weighted by atomic mass is 9.95. The molecule has 0 unspecified atom stereocenters. The number of rotatable bonds is 1. The molecule has 1 amide bonds. The molecule has 0 saturated carbocycles. The quantitative estimate of drug-likeness (QED) is 0.825. The third-order valence-electron chi connectivity index (χ3n) is 3.12. The SMILES string of the molecule is O=C1N[C@](O)(c2ccc(Cl)cc2)c2ccccc21. The molecule has 0 saturated heterocycles. The van der Waals surface area contributed by atoms with Crippen LogP contribution in [-0.4, -0.2) is 11.0 Å². The minimum absolute atomic E-state index is 0.275. The first-order valence-corrected chi connectivity index (χ1v) is 5.89. The lowest BCUT2D eigenvalue weighted by Gasteiger charge is -2.24. The molecule has 4 heteroatoms. The van der Waals surface area contributed by atoms with Gasteiger partial charge in [-0.15, -0.1) is 0 Å².